The van der Waals surface area contributed by atoms with Crippen LogP contribution in [0, 0.1) is 0 Å². The summed E-state index contributed by atoms with van der Waals surface area (Å²) in [5.74, 6) is 1.11. The Hall–Kier alpha value is -2.31. The fourth-order valence-electron chi connectivity index (χ4n) is 2.53. The monoisotopic (exact) mass is 373 g/mol. The molecule has 2 aromatic heterocycles. The van der Waals surface area contributed by atoms with Gasteiger partial charge in [0.2, 0.25) is 0 Å². The van der Waals surface area contributed by atoms with Crippen LogP contribution in [0.2, 0.25) is 0 Å². The second kappa shape index (κ2) is 8.18. The van der Waals surface area contributed by atoms with Crippen LogP contribution in [0.5, 0.6) is 11.5 Å². The van der Waals surface area contributed by atoms with Gasteiger partial charge >= 0.3 is 0 Å². The van der Waals surface area contributed by atoms with Crippen LogP contribution in [0.15, 0.2) is 53.2 Å². The molecule has 3 aromatic rings. The summed E-state index contributed by atoms with van der Waals surface area (Å²) >= 11 is 3.30. The summed E-state index contributed by atoms with van der Waals surface area (Å²) in [5, 5.41) is 4.05. The van der Waals surface area contributed by atoms with Crippen molar-refractivity contribution < 1.29 is 14.3 Å². The molecule has 3 rings (SSSR count). The number of nitrogens with zero attached hydrogens (tertiary/aromatic N) is 1. The number of methoxy groups -OCH3 is 2. The van der Waals surface area contributed by atoms with Crippen molar-refractivity contribution in [2.75, 3.05) is 14.2 Å². The molecular weight excluding hydrogens is 354 g/mol. The number of carbonyl (C=O) groups excluding carboxylic acids is 1. The fraction of sp³-hybridized carbons (Fsp3) is 0.211. The molecule has 6 heteroatoms. The Morgan fingerprint density at radius 1 is 0.960 bits per heavy atom. The molecule has 0 fully saturated rings. The highest BCUT2D eigenvalue weighted by Gasteiger charge is 2.22. The van der Waals surface area contributed by atoms with Crippen LogP contribution in [0.25, 0.3) is 0 Å². The first-order chi connectivity index (χ1) is 12.2. The topological polar surface area (TPSA) is 38.8 Å². The van der Waals surface area contributed by atoms with E-state index in [4.69, 9.17) is 9.47 Å². The third kappa shape index (κ3) is 4.21. The van der Waals surface area contributed by atoms with E-state index in [0.29, 0.717) is 30.2 Å². The number of benzene rings is 1. The maximum atomic E-state index is 13.2. The van der Waals surface area contributed by atoms with Gasteiger partial charge in [-0.15, -0.1) is 22.7 Å². The van der Waals surface area contributed by atoms with E-state index in [-0.39, 0.29) is 5.91 Å². The highest BCUT2D eigenvalue weighted by atomic mass is 32.1. The number of amides is 1. The van der Waals surface area contributed by atoms with E-state index in [1.807, 2.05) is 39.9 Å². The van der Waals surface area contributed by atoms with Crippen LogP contribution >= 0.6 is 22.7 Å². The Balaban J connectivity index is 1.92. The van der Waals surface area contributed by atoms with E-state index < -0.39 is 0 Å². The van der Waals surface area contributed by atoms with Gasteiger partial charge in [0, 0.05) is 9.75 Å². The number of ether oxygens (including phenoxy) is 2. The van der Waals surface area contributed by atoms with E-state index in [9.17, 15) is 4.79 Å². The summed E-state index contributed by atoms with van der Waals surface area (Å²) in [4.78, 5) is 17.4. The van der Waals surface area contributed by atoms with Crippen LogP contribution in [0.4, 0.5) is 0 Å². The van der Waals surface area contributed by atoms with Crippen molar-refractivity contribution in [1.29, 1.82) is 0 Å². The lowest BCUT2D eigenvalue weighted by molar-refractivity contribution is 0.0729. The Morgan fingerprint density at radius 3 is 2.08 bits per heavy atom. The summed E-state index contributed by atoms with van der Waals surface area (Å²) in [6, 6.07) is 13.4. The second-order valence-corrected chi connectivity index (χ2v) is 7.45. The minimum absolute atomic E-state index is 0.0717. The Bertz CT molecular complexity index is 777. The van der Waals surface area contributed by atoms with Gasteiger partial charge in [-0.05, 0) is 41.1 Å². The van der Waals surface area contributed by atoms with Crippen LogP contribution in [-0.2, 0) is 13.1 Å². The molecule has 0 saturated heterocycles. The molecule has 0 radical (unpaired) electrons. The summed E-state index contributed by atoms with van der Waals surface area (Å²) in [7, 11) is 3.16. The minimum Gasteiger partial charge on any atom is -0.497 e. The zero-order valence-corrected chi connectivity index (χ0v) is 15.7. The molecule has 1 amide bonds. The van der Waals surface area contributed by atoms with E-state index >= 15 is 0 Å². The van der Waals surface area contributed by atoms with Crippen molar-refractivity contribution in [1.82, 2.24) is 4.90 Å². The van der Waals surface area contributed by atoms with Gasteiger partial charge in [-0.25, -0.2) is 0 Å². The zero-order valence-electron chi connectivity index (χ0n) is 14.1. The molecular formula is C19H19NO3S2. The molecule has 0 atom stereocenters. The summed E-state index contributed by atoms with van der Waals surface area (Å²) in [5.41, 5.74) is 0.509. The number of rotatable bonds is 7. The largest absolute Gasteiger partial charge is 0.497 e. The highest BCUT2D eigenvalue weighted by molar-refractivity contribution is 7.10. The third-order valence-corrected chi connectivity index (χ3v) is 5.50. The number of thiophene rings is 2. The van der Waals surface area contributed by atoms with Gasteiger partial charge in [-0.2, -0.15) is 0 Å². The van der Waals surface area contributed by atoms with Gasteiger partial charge < -0.3 is 14.4 Å². The molecule has 130 valence electrons. The van der Waals surface area contributed by atoms with Gasteiger partial charge in [-0.1, -0.05) is 12.1 Å². The van der Waals surface area contributed by atoms with Gasteiger partial charge in [0.1, 0.15) is 11.5 Å². The van der Waals surface area contributed by atoms with Crippen molar-refractivity contribution in [3.63, 3.8) is 0 Å². The summed E-state index contributed by atoms with van der Waals surface area (Å²) < 4.78 is 10.7. The first-order valence-electron chi connectivity index (χ1n) is 7.77. The van der Waals surface area contributed by atoms with Gasteiger partial charge in [0.15, 0.2) is 0 Å². The lowest BCUT2D eigenvalue weighted by Crippen LogP contribution is -2.29. The van der Waals surface area contributed by atoms with E-state index in [2.05, 4.69) is 0 Å². The molecule has 0 spiro atoms. The Labute approximate surface area is 155 Å². The predicted octanol–water partition coefficient (Wildman–Crippen LogP) is 4.67. The average Bonchev–Trinajstić information content (AvgIpc) is 3.34. The zero-order chi connectivity index (χ0) is 17.6. The van der Waals surface area contributed by atoms with Crippen LogP contribution in [0.3, 0.4) is 0 Å². The second-order valence-electron chi connectivity index (χ2n) is 5.39. The molecule has 0 bridgehead atoms. The predicted molar refractivity (Wildman–Crippen MR) is 102 cm³/mol. The maximum Gasteiger partial charge on any atom is 0.258 e. The third-order valence-electron chi connectivity index (χ3n) is 3.78. The lowest BCUT2D eigenvalue weighted by atomic mass is 10.1. The lowest BCUT2D eigenvalue weighted by Gasteiger charge is -2.23. The number of carbonyl (C=O) groups is 1. The molecule has 25 heavy (non-hydrogen) atoms. The van der Waals surface area contributed by atoms with E-state index in [0.717, 1.165) is 9.75 Å². The Kier molecular flexibility index (Phi) is 5.73. The van der Waals surface area contributed by atoms with Crippen molar-refractivity contribution in [3.05, 3.63) is 68.5 Å². The molecule has 0 unspecified atom stereocenters. The quantitative estimate of drug-likeness (QED) is 0.604. The van der Waals surface area contributed by atoms with Crippen LogP contribution in [-0.4, -0.2) is 25.0 Å². The van der Waals surface area contributed by atoms with Gasteiger partial charge in [0.25, 0.3) is 5.91 Å². The number of hydrogen-bond donors (Lipinski definition) is 0. The molecule has 1 aromatic carbocycles. The minimum atomic E-state index is -0.0717. The maximum absolute atomic E-state index is 13.2. The van der Waals surface area contributed by atoms with Gasteiger partial charge in [-0.3, -0.25) is 4.79 Å². The van der Waals surface area contributed by atoms with Crippen LogP contribution in [0.1, 0.15) is 20.1 Å². The normalized spacial score (nSPS) is 10.5. The molecule has 0 N–H and O–H groups in total. The molecule has 4 nitrogen and oxygen atoms in total. The Morgan fingerprint density at radius 2 is 1.60 bits per heavy atom. The molecule has 0 saturated carbocycles. The van der Waals surface area contributed by atoms with Crippen molar-refractivity contribution in [2.45, 2.75) is 13.1 Å². The fourth-order valence-corrected chi connectivity index (χ4v) is 3.97. The first kappa shape index (κ1) is 17.5. The standard InChI is InChI=1S/C19H19NO3S2/c1-22-14-7-8-18(23-2)17(11-14)19(21)20(12-15-5-3-9-24-15)13-16-6-4-10-25-16/h3-11H,12-13H2,1-2H3. The molecule has 2 heterocycles. The average molecular weight is 373 g/mol. The molecule has 0 aliphatic carbocycles. The summed E-state index contributed by atoms with van der Waals surface area (Å²) in [6.45, 7) is 1.13. The first-order valence-corrected chi connectivity index (χ1v) is 9.53. The number of hydrogen-bond acceptors (Lipinski definition) is 5. The molecule has 0 aliphatic rings. The highest BCUT2D eigenvalue weighted by Crippen LogP contribution is 2.27. The van der Waals surface area contributed by atoms with Crippen molar-refractivity contribution >= 4 is 28.6 Å². The van der Waals surface area contributed by atoms with Gasteiger partial charge in [0.05, 0.1) is 32.9 Å². The van der Waals surface area contributed by atoms with E-state index in [1.54, 1.807) is 55.1 Å². The summed E-state index contributed by atoms with van der Waals surface area (Å²) in [6.07, 6.45) is 0. The van der Waals surface area contributed by atoms with Crippen molar-refractivity contribution in [2.24, 2.45) is 0 Å². The molecule has 0 aliphatic heterocycles. The SMILES string of the molecule is COc1ccc(OC)c(C(=O)N(Cc2cccs2)Cc2cccs2)c1. The van der Waals surface area contributed by atoms with Crippen molar-refractivity contribution in [3.8, 4) is 11.5 Å². The smallest absolute Gasteiger partial charge is 0.258 e. The van der Waals surface area contributed by atoms with Crippen LogP contribution < -0.4 is 9.47 Å². The van der Waals surface area contributed by atoms with E-state index in [1.165, 1.54) is 0 Å².